The monoisotopic (exact) mass is 358 g/mol. The number of hydrogen-bond acceptors (Lipinski definition) is 5. The van der Waals surface area contributed by atoms with E-state index >= 15 is 0 Å². The number of nitrogens with zero attached hydrogens (tertiary/aromatic N) is 2. The van der Waals surface area contributed by atoms with E-state index in [1.807, 2.05) is 30.3 Å². The van der Waals surface area contributed by atoms with Crippen LogP contribution >= 0.6 is 0 Å². The number of benzene rings is 1. The van der Waals surface area contributed by atoms with E-state index in [2.05, 4.69) is 20.6 Å². The summed E-state index contributed by atoms with van der Waals surface area (Å²) in [5, 5.41) is 6.47. The third kappa shape index (κ3) is 5.57. The Hall–Kier alpha value is -2.38. The summed E-state index contributed by atoms with van der Waals surface area (Å²) in [6.07, 6.45) is 3.91. The molecule has 7 nitrogen and oxygen atoms in total. The second-order valence-corrected chi connectivity index (χ2v) is 6.05. The zero-order chi connectivity index (χ0) is 18.0. The minimum atomic E-state index is 0.260. The van der Waals surface area contributed by atoms with Gasteiger partial charge in [-0.1, -0.05) is 30.3 Å². The highest BCUT2D eigenvalue weighted by Gasteiger charge is 2.15. The second-order valence-electron chi connectivity index (χ2n) is 6.05. The summed E-state index contributed by atoms with van der Waals surface area (Å²) in [5.41, 5.74) is 1.02. The summed E-state index contributed by atoms with van der Waals surface area (Å²) in [4.78, 5) is 8.52. The van der Waals surface area contributed by atoms with Gasteiger partial charge >= 0.3 is 0 Å². The van der Waals surface area contributed by atoms with Crippen LogP contribution < -0.4 is 10.6 Å². The molecule has 2 heterocycles. The largest absolute Gasteiger partial charge is 0.439 e. The fourth-order valence-electron chi connectivity index (χ4n) is 2.68. The lowest BCUT2D eigenvalue weighted by atomic mass is 10.2. The van der Waals surface area contributed by atoms with Crippen LogP contribution in [0.2, 0.25) is 0 Å². The summed E-state index contributed by atoms with van der Waals surface area (Å²) in [6, 6.07) is 9.93. The van der Waals surface area contributed by atoms with Crippen molar-refractivity contribution in [2.45, 2.75) is 25.5 Å². The Labute approximate surface area is 153 Å². The van der Waals surface area contributed by atoms with Gasteiger partial charge in [-0.2, -0.15) is 0 Å². The molecule has 0 saturated carbocycles. The first-order chi connectivity index (χ1) is 12.8. The number of hydrogen-bond donors (Lipinski definition) is 2. The zero-order valence-electron chi connectivity index (χ0n) is 15.1. The number of aliphatic imine (C=N–C) groups is 1. The molecule has 1 aromatic heterocycles. The first-order valence-corrected chi connectivity index (χ1v) is 8.99. The molecule has 0 aliphatic carbocycles. The number of ether oxygens (including phenoxy) is 2. The number of aromatic nitrogens is 1. The molecule has 1 aliphatic rings. The first-order valence-electron chi connectivity index (χ1n) is 8.99. The molecule has 2 N–H and O–H groups in total. The molecule has 1 atom stereocenters. The highest BCUT2D eigenvalue weighted by atomic mass is 16.5. The molecule has 0 radical (unpaired) electrons. The van der Waals surface area contributed by atoms with Gasteiger partial charge in [-0.25, -0.2) is 4.98 Å². The van der Waals surface area contributed by atoms with Gasteiger partial charge in [0, 0.05) is 32.4 Å². The van der Waals surface area contributed by atoms with Crippen molar-refractivity contribution in [2.24, 2.45) is 4.99 Å². The van der Waals surface area contributed by atoms with Crippen LogP contribution in [-0.2, 0) is 16.0 Å². The number of rotatable bonds is 8. The van der Waals surface area contributed by atoms with Gasteiger partial charge in [0.2, 0.25) is 5.89 Å². The molecule has 26 heavy (non-hydrogen) atoms. The van der Waals surface area contributed by atoms with Crippen LogP contribution in [0.3, 0.4) is 0 Å². The van der Waals surface area contributed by atoms with E-state index in [1.165, 1.54) is 0 Å². The average Bonchev–Trinajstić information content (AvgIpc) is 3.36. The van der Waals surface area contributed by atoms with Gasteiger partial charge in [0.25, 0.3) is 0 Å². The van der Waals surface area contributed by atoms with Crippen LogP contribution in [0.5, 0.6) is 0 Å². The zero-order valence-corrected chi connectivity index (χ0v) is 15.1. The van der Waals surface area contributed by atoms with E-state index in [9.17, 15) is 0 Å². The predicted molar refractivity (Wildman–Crippen MR) is 99.9 cm³/mol. The van der Waals surface area contributed by atoms with Crippen molar-refractivity contribution in [3.63, 3.8) is 0 Å². The maximum absolute atomic E-state index is 5.78. The second kappa shape index (κ2) is 9.94. The molecule has 2 aromatic rings. The molecule has 1 aromatic carbocycles. The lowest BCUT2D eigenvalue weighted by molar-refractivity contribution is 0.0420. The van der Waals surface area contributed by atoms with Crippen molar-refractivity contribution in [2.75, 3.05) is 33.4 Å². The molecule has 7 heteroatoms. The quantitative estimate of drug-likeness (QED) is 0.428. The minimum absolute atomic E-state index is 0.260. The fourth-order valence-corrected chi connectivity index (χ4v) is 2.68. The van der Waals surface area contributed by atoms with Crippen LogP contribution in [0.4, 0.5) is 0 Å². The molecular weight excluding hydrogens is 332 g/mol. The van der Waals surface area contributed by atoms with Gasteiger partial charge in [-0.3, -0.25) is 4.99 Å². The molecule has 0 bridgehead atoms. The van der Waals surface area contributed by atoms with Crippen molar-refractivity contribution in [3.05, 3.63) is 42.4 Å². The summed E-state index contributed by atoms with van der Waals surface area (Å²) < 4.78 is 16.8. The van der Waals surface area contributed by atoms with Gasteiger partial charge in [0.1, 0.15) is 0 Å². The van der Waals surface area contributed by atoms with Crippen molar-refractivity contribution >= 4 is 5.96 Å². The minimum Gasteiger partial charge on any atom is -0.439 e. The number of guanidine groups is 1. The Morgan fingerprint density at radius 1 is 1.31 bits per heavy atom. The summed E-state index contributed by atoms with van der Waals surface area (Å²) in [5.74, 6) is 2.10. The van der Waals surface area contributed by atoms with Gasteiger partial charge in [0.05, 0.1) is 25.5 Å². The molecule has 0 spiro atoms. The standard InChI is InChI=1S/C19H26N4O3/c1-20-19(21-9-5-10-25-16-8-11-24-14-16)23-13-18-22-12-17(26-18)15-6-3-2-4-7-15/h2-4,6-7,12,16H,5,8-11,13-14H2,1H3,(H2,20,21,23). The Balaban J connectivity index is 1.35. The Morgan fingerprint density at radius 2 is 2.19 bits per heavy atom. The SMILES string of the molecule is CN=C(NCCCOC1CCOC1)NCc1ncc(-c2ccccc2)o1. The van der Waals surface area contributed by atoms with Gasteiger partial charge in [-0.15, -0.1) is 0 Å². The lowest BCUT2D eigenvalue weighted by Gasteiger charge is -2.12. The van der Waals surface area contributed by atoms with Crippen molar-refractivity contribution in [1.29, 1.82) is 0 Å². The summed E-state index contributed by atoms with van der Waals surface area (Å²) in [6.45, 7) is 3.51. The van der Waals surface area contributed by atoms with E-state index in [0.717, 1.165) is 50.5 Å². The molecule has 3 rings (SSSR count). The van der Waals surface area contributed by atoms with Crippen molar-refractivity contribution in [3.8, 4) is 11.3 Å². The molecule has 1 aliphatic heterocycles. The molecule has 1 fully saturated rings. The topological polar surface area (TPSA) is 80.9 Å². The average molecular weight is 358 g/mol. The first kappa shape index (κ1) is 18.4. The van der Waals surface area contributed by atoms with Crippen molar-refractivity contribution in [1.82, 2.24) is 15.6 Å². The fraction of sp³-hybridized carbons (Fsp3) is 0.474. The van der Waals surface area contributed by atoms with Gasteiger partial charge in [0.15, 0.2) is 11.7 Å². The van der Waals surface area contributed by atoms with Crippen LogP contribution in [0.1, 0.15) is 18.7 Å². The third-order valence-electron chi connectivity index (χ3n) is 4.10. The number of oxazole rings is 1. The van der Waals surface area contributed by atoms with Crippen LogP contribution in [0.15, 0.2) is 45.9 Å². The third-order valence-corrected chi connectivity index (χ3v) is 4.10. The maximum Gasteiger partial charge on any atom is 0.214 e. The van der Waals surface area contributed by atoms with Gasteiger partial charge < -0.3 is 24.5 Å². The smallest absolute Gasteiger partial charge is 0.214 e. The Bertz CT molecular complexity index is 681. The van der Waals surface area contributed by atoms with E-state index in [0.29, 0.717) is 18.4 Å². The number of nitrogens with one attached hydrogen (secondary N) is 2. The Morgan fingerprint density at radius 3 is 2.96 bits per heavy atom. The highest BCUT2D eigenvalue weighted by Crippen LogP contribution is 2.19. The predicted octanol–water partition coefficient (Wildman–Crippen LogP) is 2.20. The molecular formula is C19H26N4O3. The van der Waals surface area contributed by atoms with E-state index in [-0.39, 0.29) is 6.10 Å². The molecule has 1 saturated heterocycles. The molecule has 1 unspecified atom stereocenters. The van der Waals surface area contributed by atoms with E-state index < -0.39 is 0 Å². The maximum atomic E-state index is 5.78. The summed E-state index contributed by atoms with van der Waals surface area (Å²) in [7, 11) is 1.74. The molecule has 140 valence electrons. The summed E-state index contributed by atoms with van der Waals surface area (Å²) >= 11 is 0. The van der Waals surface area contributed by atoms with Gasteiger partial charge in [-0.05, 0) is 12.8 Å². The van der Waals surface area contributed by atoms with E-state index in [4.69, 9.17) is 13.9 Å². The van der Waals surface area contributed by atoms with Crippen LogP contribution in [0.25, 0.3) is 11.3 Å². The molecule has 0 amide bonds. The Kier molecular flexibility index (Phi) is 7.04. The van der Waals surface area contributed by atoms with Crippen molar-refractivity contribution < 1.29 is 13.9 Å². The van der Waals surface area contributed by atoms with Crippen LogP contribution in [-0.4, -0.2) is 50.5 Å². The van der Waals surface area contributed by atoms with E-state index in [1.54, 1.807) is 13.2 Å². The highest BCUT2D eigenvalue weighted by molar-refractivity contribution is 5.79. The normalized spacial score (nSPS) is 17.4. The van der Waals surface area contributed by atoms with Crippen LogP contribution in [0, 0.1) is 0 Å². The lowest BCUT2D eigenvalue weighted by Crippen LogP contribution is -2.37.